The Hall–Kier alpha value is -6.58. The van der Waals surface area contributed by atoms with Gasteiger partial charge in [-0.05, 0) is 82.3 Å². The molecule has 1 aliphatic rings. The maximum absolute atomic E-state index is 6.15. The van der Waals surface area contributed by atoms with Gasteiger partial charge in [-0.25, -0.2) is 9.97 Å². The lowest BCUT2D eigenvalue weighted by Gasteiger charge is -2.30. The first-order chi connectivity index (χ1) is 25.1. The van der Waals surface area contributed by atoms with Gasteiger partial charge in [0, 0.05) is 32.9 Å². The quantitative estimate of drug-likeness (QED) is 0.186. The van der Waals surface area contributed by atoms with Crippen LogP contribution in [0.3, 0.4) is 0 Å². The van der Waals surface area contributed by atoms with Crippen LogP contribution < -0.4 is 0 Å². The van der Waals surface area contributed by atoms with Gasteiger partial charge in [-0.1, -0.05) is 140 Å². The van der Waals surface area contributed by atoms with Crippen LogP contribution in [0.5, 0.6) is 0 Å². The maximum Gasteiger partial charge on any atom is 0.160 e. The Bertz CT molecular complexity index is 2760. The van der Waals surface area contributed by atoms with E-state index in [1.54, 1.807) is 0 Å². The Morgan fingerprint density at radius 2 is 1.04 bits per heavy atom. The van der Waals surface area contributed by atoms with Crippen LogP contribution in [0.4, 0.5) is 0 Å². The molecule has 10 rings (SSSR count). The lowest BCUT2D eigenvalue weighted by molar-refractivity contribution is 0.669. The third-order valence-electron chi connectivity index (χ3n) is 10.6. The van der Waals surface area contributed by atoms with Crippen molar-refractivity contribution in [3.63, 3.8) is 0 Å². The molecule has 1 unspecified atom stereocenters. The monoisotopic (exact) mass is 652 g/mol. The van der Waals surface area contributed by atoms with Crippen molar-refractivity contribution < 1.29 is 4.42 Å². The van der Waals surface area contributed by atoms with E-state index in [4.69, 9.17) is 14.4 Å². The predicted octanol–water partition coefficient (Wildman–Crippen LogP) is 12.4. The van der Waals surface area contributed by atoms with E-state index in [9.17, 15) is 0 Å². The smallest absolute Gasteiger partial charge is 0.160 e. The predicted molar refractivity (Wildman–Crippen MR) is 208 cm³/mol. The fourth-order valence-electron chi connectivity index (χ4n) is 8.11. The number of para-hydroxylation sites is 1. The summed E-state index contributed by atoms with van der Waals surface area (Å²) in [7, 11) is 0. The summed E-state index contributed by atoms with van der Waals surface area (Å²) in [6.07, 6.45) is 0. The molecule has 0 radical (unpaired) electrons. The number of furan rings is 1. The summed E-state index contributed by atoms with van der Waals surface area (Å²) in [6.45, 7) is 2.38. The van der Waals surface area contributed by atoms with Crippen molar-refractivity contribution in [2.75, 3.05) is 0 Å². The molecule has 9 aromatic rings. The number of rotatable bonds is 5. The molecule has 240 valence electrons. The average Bonchev–Trinajstić information content (AvgIpc) is 3.71. The van der Waals surface area contributed by atoms with Crippen molar-refractivity contribution >= 4 is 21.9 Å². The highest BCUT2D eigenvalue weighted by Gasteiger charge is 2.42. The molecule has 2 aromatic heterocycles. The van der Waals surface area contributed by atoms with E-state index in [2.05, 4.69) is 146 Å². The van der Waals surface area contributed by atoms with E-state index >= 15 is 0 Å². The van der Waals surface area contributed by atoms with Crippen LogP contribution in [0.1, 0.15) is 23.6 Å². The van der Waals surface area contributed by atoms with Gasteiger partial charge in [0.15, 0.2) is 5.82 Å². The number of benzene rings is 7. The molecule has 0 spiro atoms. The van der Waals surface area contributed by atoms with Crippen LogP contribution in [-0.2, 0) is 5.41 Å². The molecule has 51 heavy (non-hydrogen) atoms. The minimum absolute atomic E-state index is 0.307. The Labute approximate surface area is 296 Å². The lowest BCUT2D eigenvalue weighted by atomic mass is 9.72. The summed E-state index contributed by atoms with van der Waals surface area (Å²) >= 11 is 0. The van der Waals surface area contributed by atoms with Crippen molar-refractivity contribution in [3.05, 3.63) is 193 Å². The zero-order valence-corrected chi connectivity index (χ0v) is 28.0. The minimum atomic E-state index is -0.307. The van der Waals surface area contributed by atoms with Crippen molar-refractivity contribution in [3.8, 4) is 56.2 Å². The SMILES string of the molecule is CC1(c2ccccc2)c2ccccc2-c2cccc(-c3cccc(-c4cc(-c5ccc6oc7ccccc7c6c5)nc(-c5ccccc5)n4)c3)c21. The number of nitrogens with zero attached hydrogens (tertiary/aromatic N) is 2. The molecule has 0 N–H and O–H groups in total. The molecule has 1 atom stereocenters. The number of aromatic nitrogens is 2. The highest BCUT2D eigenvalue weighted by atomic mass is 16.3. The fraction of sp³-hybridized carbons (Fsp3) is 0.0417. The lowest BCUT2D eigenvalue weighted by Crippen LogP contribution is -2.23. The van der Waals surface area contributed by atoms with E-state index in [1.165, 1.54) is 33.4 Å². The van der Waals surface area contributed by atoms with Crippen molar-refractivity contribution in [2.45, 2.75) is 12.3 Å². The van der Waals surface area contributed by atoms with Crippen LogP contribution in [-0.4, -0.2) is 9.97 Å². The van der Waals surface area contributed by atoms with Gasteiger partial charge in [-0.3, -0.25) is 0 Å². The largest absolute Gasteiger partial charge is 0.456 e. The summed E-state index contributed by atoms with van der Waals surface area (Å²) in [6, 6.07) is 62.2. The number of hydrogen-bond acceptors (Lipinski definition) is 3. The molecule has 0 fully saturated rings. The van der Waals surface area contributed by atoms with E-state index in [0.717, 1.165) is 55.6 Å². The summed E-state index contributed by atoms with van der Waals surface area (Å²) in [5, 5.41) is 2.17. The summed E-state index contributed by atoms with van der Waals surface area (Å²) in [4.78, 5) is 10.3. The van der Waals surface area contributed by atoms with Gasteiger partial charge in [0.2, 0.25) is 0 Å². The molecule has 0 saturated heterocycles. The van der Waals surface area contributed by atoms with E-state index < -0.39 is 0 Å². The fourth-order valence-corrected chi connectivity index (χ4v) is 8.11. The Balaban J connectivity index is 1.15. The molecular weight excluding hydrogens is 621 g/mol. The standard InChI is InChI=1S/C48H32N2O/c1-48(35-18-6-3-7-19-35)41-24-10-8-20-37(41)39-23-13-22-36(46(39)48)32-16-12-17-33(28-32)42-30-43(50-47(49-42)31-14-4-2-5-15-31)34-26-27-45-40(29-34)38-21-9-11-25-44(38)51-45/h2-30H,1H3. The van der Waals surface area contributed by atoms with Crippen LogP contribution in [0.25, 0.3) is 78.1 Å². The highest BCUT2D eigenvalue weighted by Crippen LogP contribution is 2.55. The van der Waals surface area contributed by atoms with Gasteiger partial charge in [0.25, 0.3) is 0 Å². The first-order valence-corrected chi connectivity index (χ1v) is 17.4. The molecular formula is C48H32N2O. The zero-order valence-electron chi connectivity index (χ0n) is 28.0. The minimum Gasteiger partial charge on any atom is -0.456 e. The van der Waals surface area contributed by atoms with Gasteiger partial charge in [0.1, 0.15) is 11.2 Å². The molecule has 0 bridgehead atoms. The number of fused-ring (bicyclic) bond motifs is 6. The normalized spacial score (nSPS) is 14.8. The molecule has 7 aromatic carbocycles. The highest BCUT2D eigenvalue weighted by molar-refractivity contribution is 6.06. The van der Waals surface area contributed by atoms with Crippen LogP contribution in [0.2, 0.25) is 0 Å². The van der Waals surface area contributed by atoms with E-state index in [1.807, 2.05) is 36.4 Å². The van der Waals surface area contributed by atoms with Gasteiger partial charge >= 0.3 is 0 Å². The molecule has 1 aliphatic carbocycles. The van der Waals surface area contributed by atoms with Gasteiger partial charge < -0.3 is 4.42 Å². The van der Waals surface area contributed by atoms with Crippen LogP contribution >= 0.6 is 0 Å². The van der Waals surface area contributed by atoms with Gasteiger partial charge in [-0.2, -0.15) is 0 Å². The first-order valence-electron chi connectivity index (χ1n) is 17.4. The van der Waals surface area contributed by atoms with Crippen molar-refractivity contribution in [1.29, 1.82) is 0 Å². The third kappa shape index (κ3) is 4.66. The number of hydrogen-bond donors (Lipinski definition) is 0. The Morgan fingerprint density at radius 3 is 1.88 bits per heavy atom. The molecule has 0 amide bonds. The summed E-state index contributed by atoms with van der Waals surface area (Å²) in [5.41, 5.74) is 15.2. The van der Waals surface area contributed by atoms with Crippen LogP contribution in [0.15, 0.2) is 180 Å². The second-order valence-corrected chi connectivity index (χ2v) is 13.5. The van der Waals surface area contributed by atoms with Gasteiger partial charge in [0.05, 0.1) is 11.4 Å². The average molecular weight is 653 g/mol. The topological polar surface area (TPSA) is 38.9 Å². The molecule has 0 saturated carbocycles. The van der Waals surface area contributed by atoms with Crippen molar-refractivity contribution in [2.24, 2.45) is 0 Å². The van der Waals surface area contributed by atoms with E-state index in [0.29, 0.717) is 5.82 Å². The van der Waals surface area contributed by atoms with Crippen molar-refractivity contribution in [1.82, 2.24) is 9.97 Å². The molecule has 2 heterocycles. The zero-order chi connectivity index (χ0) is 33.9. The maximum atomic E-state index is 6.15. The Kier molecular flexibility index (Phi) is 6.62. The first kappa shape index (κ1) is 29.3. The Morgan fingerprint density at radius 1 is 0.431 bits per heavy atom. The van der Waals surface area contributed by atoms with Crippen LogP contribution in [0, 0.1) is 0 Å². The molecule has 3 nitrogen and oxygen atoms in total. The third-order valence-corrected chi connectivity index (χ3v) is 10.6. The second kappa shape index (κ2) is 11.5. The van der Waals surface area contributed by atoms with E-state index in [-0.39, 0.29) is 5.41 Å². The molecule has 0 aliphatic heterocycles. The molecule has 3 heteroatoms. The van der Waals surface area contributed by atoms with Gasteiger partial charge in [-0.15, -0.1) is 0 Å². The second-order valence-electron chi connectivity index (χ2n) is 13.5. The summed E-state index contributed by atoms with van der Waals surface area (Å²) < 4.78 is 6.15. The summed E-state index contributed by atoms with van der Waals surface area (Å²) in [5.74, 6) is 0.693.